The molecule has 0 radical (unpaired) electrons. The fourth-order valence-corrected chi connectivity index (χ4v) is 4.99. The number of hydrogen-bond donors (Lipinski definition) is 0. The van der Waals surface area contributed by atoms with E-state index in [1.165, 1.54) is 43.7 Å². The molecule has 0 N–H and O–H groups in total. The van der Waals surface area contributed by atoms with Crippen molar-refractivity contribution in [3.05, 3.63) is 65.5 Å². The molecule has 1 fully saturated rings. The molecule has 34 heavy (non-hydrogen) atoms. The molecular weight excluding hydrogens is 454 g/mol. The molecule has 0 saturated heterocycles. The molecule has 182 valence electrons. The predicted octanol–water partition coefficient (Wildman–Crippen LogP) is 9.29. The summed E-state index contributed by atoms with van der Waals surface area (Å²) in [6.07, 6.45) is 3.20. The highest BCUT2D eigenvalue weighted by atomic mass is 19.4. The Hall–Kier alpha value is -2.70. The average molecular weight is 480 g/mol. The molecule has 7 heteroatoms. The molecular formula is C27H26F6O. The third-order valence-corrected chi connectivity index (χ3v) is 6.78. The van der Waals surface area contributed by atoms with Gasteiger partial charge in [-0.05, 0) is 77.8 Å². The fraction of sp³-hybridized carbons (Fsp3) is 0.407. The second-order valence-corrected chi connectivity index (χ2v) is 9.09. The van der Waals surface area contributed by atoms with Crippen LogP contribution in [0.2, 0.25) is 0 Å². The molecule has 0 aliphatic heterocycles. The predicted molar refractivity (Wildman–Crippen MR) is 120 cm³/mol. The van der Waals surface area contributed by atoms with Gasteiger partial charge in [0, 0.05) is 0 Å². The van der Waals surface area contributed by atoms with Gasteiger partial charge < -0.3 is 4.74 Å². The van der Waals surface area contributed by atoms with Crippen molar-refractivity contribution < 1.29 is 31.1 Å². The minimum atomic E-state index is -5.30. The maximum Gasteiger partial charge on any atom is 0.573 e. The van der Waals surface area contributed by atoms with E-state index in [-0.39, 0.29) is 5.39 Å². The maximum absolute atomic E-state index is 14.7. The van der Waals surface area contributed by atoms with Gasteiger partial charge in [-0.25, -0.2) is 13.2 Å². The Morgan fingerprint density at radius 2 is 1.53 bits per heavy atom. The Labute approximate surface area is 194 Å². The second-order valence-electron chi connectivity index (χ2n) is 9.09. The summed E-state index contributed by atoms with van der Waals surface area (Å²) in [5.74, 6) is -4.74. The summed E-state index contributed by atoms with van der Waals surface area (Å²) >= 11 is 0. The third kappa shape index (κ3) is 5.34. The van der Waals surface area contributed by atoms with Crippen LogP contribution in [-0.2, 0) is 0 Å². The third-order valence-electron chi connectivity index (χ3n) is 6.78. The molecule has 0 atom stereocenters. The highest BCUT2D eigenvalue weighted by Crippen LogP contribution is 2.39. The van der Waals surface area contributed by atoms with Crippen LogP contribution in [0.4, 0.5) is 26.3 Å². The lowest BCUT2D eigenvalue weighted by atomic mass is 9.77. The minimum Gasteiger partial charge on any atom is -0.399 e. The number of unbranched alkanes of at least 4 members (excludes halogenated alkanes) is 1. The molecule has 0 unspecified atom stereocenters. The minimum absolute atomic E-state index is 0.186. The first-order valence-corrected chi connectivity index (χ1v) is 11.6. The molecule has 0 bridgehead atoms. The molecule has 3 aromatic carbocycles. The molecule has 0 heterocycles. The number of alkyl halides is 3. The quantitative estimate of drug-likeness (QED) is 0.320. The van der Waals surface area contributed by atoms with Crippen molar-refractivity contribution in [2.24, 2.45) is 5.92 Å². The summed E-state index contributed by atoms with van der Waals surface area (Å²) in [4.78, 5) is 0. The Morgan fingerprint density at radius 3 is 2.15 bits per heavy atom. The van der Waals surface area contributed by atoms with Crippen molar-refractivity contribution in [3.8, 4) is 16.9 Å². The van der Waals surface area contributed by atoms with E-state index in [1.54, 1.807) is 0 Å². The van der Waals surface area contributed by atoms with Crippen molar-refractivity contribution in [1.29, 1.82) is 0 Å². The molecule has 0 aromatic heterocycles. The van der Waals surface area contributed by atoms with Gasteiger partial charge in [0.2, 0.25) is 5.75 Å². The lowest BCUT2D eigenvalue weighted by Crippen LogP contribution is -2.19. The molecule has 1 saturated carbocycles. The van der Waals surface area contributed by atoms with Crippen LogP contribution < -0.4 is 4.74 Å². The second kappa shape index (κ2) is 9.88. The lowest BCUT2D eigenvalue weighted by Gasteiger charge is -2.29. The Kier molecular flexibility index (Phi) is 7.10. The first-order chi connectivity index (χ1) is 16.2. The van der Waals surface area contributed by atoms with Gasteiger partial charge in [0.25, 0.3) is 0 Å². The van der Waals surface area contributed by atoms with Gasteiger partial charge in [-0.3, -0.25) is 0 Å². The number of benzene rings is 3. The van der Waals surface area contributed by atoms with Gasteiger partial charge in [-0.2, -0.15) is 0 Å². The van der Waals surface area contributed by atoms with Crippen molar-refractivity contribution in [1.82, 2.24) is 0 Å². The van der Waals surface area contributed by atoms with Crippen LogP contribution in [0.15, 0.2) is 42.5 Å². The number of fused-ring (bicyclic) bond motifs is 1. The number of rotatable bonds is 6. The zero-order chi connectivity index (χ0) is 24.5. The standard InChI is InChI=1S/C27H26F6O/c1-2-3-4-16-5-7-17(8-6-16)18-9-11-19(12-10-18)20-13-21-15-23(29)26(34-27(31,32)33)25(30)24(21)22(28)14-20/h9-17H,2-8H2,1H3. The van der Waals surface area contributed by atoms with Gasteiger partial charge in [0.15, 0.2) is 11.6 Å². The normalized spacial score (nSPS) is 18.9. The zero-order valence-corrected chi connectivity index (χ0v) is 18.8. The van der Waals surface area contributed by atoms with Crippen LogP contribution in [0.25, 0.3) is 21.9 Å². The van der Waals surface area contributed by atoms with Crippen molar-refractivity contribution in [2.45, 2.75) is 64.1 Å². The summed E-state index contributed by atoms with van der Waals surface area (Å²) in [5.41, 5.74) is 2.24. The molecule has 0 spiro atoms. The van der Waals surface area contributed by atoms with E-state index in [1.807, 2.05) is 24.3 Å². The van der Waals surface area contributed by atoms with Crippen LogP contribution in [-0.4, -0.2) is 6.36 Å². The smallest absolute Gasteiger partial charge is 0.399 e. The maximum atomic E-state index is 14.7. The van der Waals surface area contributed by atoms with Gasteiger partial charge in [-0.15, -0.1) is 13.2 Å². The number of halogens is 6. The first-order valence-electron chi connectivity index (χ1n) is 11.6. The highest BCUT2D eigenvalue weighted by Gasteiger charge is 2.35. The van der Waals surface area contributed by atoms with Gasteiger partial charge in [0.05, 0.1) is 5.39 Å². The van der Waals surface area contributed by atoms with Crippen LogP contribution >= 0.6 is 0 Å². The summed E-state index contributed by atoms with van der Waals surface area (Å²) in [6.45, 7) is 2.21. The van der Waals surface area contributed by atoms with E-state index in [9.17, 15) is 26.3 Å². The van der Waals surface area contributed by atoms with E-state index in [2.05, 4.69) is 11.7 Å². The summed E-state index contributed by atoms with van der Waals surface area (Å²) in [5, 5.41) is -0.935. The van der Waals surface area contributed by atoms with Gasteiger partial charge in [-0.1, -0.05) is 50.5 Å². The fourth-order valence-electron chi connectivity index (χ4n) is 4.99. The van der Waals surface area contributed by atoms with E-state index in [0.29, 0.717) is 23.1 Å². The van der Waals surface area contributed by atoms with Crippen LogP contribution in [0.5, 0.6) is 5.75 Å². The Morgan fingerprint density at radius 1 is 0.853 bits per heavy atom. The molecule has 0 amide bonds. The number of ether oxygens (including phenoxy) is 1. The number of hydrogen-bond acceptors (Lipinski definition) is 1. The first kappa shape index (κ1) is 24.4. The van der Waals surface area contributed by atoms with E-state index in [4.69, 9.17) is 0 Å². The lowest BCUT2D eigenvalue weighted by molar-refractivity contribution is -0.276. The molecule has 1 nitrogen and oxygen atoms in total. The zero-order valence-electron chi connectivity index (χ0n) is 18.8. The van der Waals surface area contributed by atoms with E-state index in [0.717, 1.165) is 24.8 Å². The SMILES string of the molecule is CCCCC1CCC(c2ccc(-c3cc(F)c4c(F)c(OC(F)(F)F)c(F)cc4c3)cc2)CC1. The summed E-state index contributed by atoms with van der Waals surface area (Å²) in [6, 6.07) is 10.7. The molecule has 3 aromatic rings. The van der Waals surface area contributed by atoms with Gasteiger partial charge in [0.1, 0.15) is 5.82 Å². The van der Waals surface area contributed by atoms with Crippen LogP contribution in [0, 0.1) is 23.4 Å². The Balaban J connectivity index is 1.57. The topological polar surface area (TPSA) is 9.23 Å². The highest BCUT2D eigenvalue weighted by molar-refractivity contribution is 5.89. The van der Waals surface area contributed by atoms with Crippen LogP contribution in [0.3, 0.4) is 0 Å². The van der Waals surface area contributed by atoms with Crippen molar-refractivity contribution in [3.63, 3.8) is 0 Å². The largest absolute Gasteiger partial charge is 0.573 e. The van der Waals surface area contributed by atoms with Crippen molar-refractivity contribution in [2.75, 3.05) is 0 Å². The average Bonchev–Trinajstić information content (AvgIpc) is 2.80. The van der Waals surface area contributed by atoms with Gasteiger partial charge >= 0.3 is 6.36 Å². The molecule has 4 rings (SSSR count). The monoisotopic (exact) mass is 480 g/mol. The summed E-state index contributed by atoms with van der Waals surface area (Å²) < 4.78 is 84.2. The van der Waals surface area contributed by atoms with Crippen molar-refractivity contribution >= 4 is 10.8 Å². The van der Waals surface area contributed by atoms with Crippen LogP contribution in [0.1, 0.15) is 63.4 Å². The van der Waals surface area contributed by atoms with E-state index < -0.39 is 34.9 Å². The van der Waals surface area contributed by atoms with E-state index >= 15 is 0 Å². The summed E-state index contributed by atoms with van der Waals surface area (Å²) in [7, 11) is 0. The Bertz CT molecular complexity index is 1140. The molecule has 1 aliphatic carbocycles. The molecule has 1 aliphatic rings.